The molecule has 26 heavy (non-hydrogen) atoms. The summed E-state index contributed by atoms with van der Waals surface area (Å²) in [4.78, 5) is 49.7. The predicted octanol–water partition coefficient (Wildman–Crippen LogP) is 0.873. The van der Waals surface area contributed by atoms with E-state index in [0.717, 1.165) is 0 Å². The quantitative estimate of drug-likeness (QED) is 0.583. The van der Waals surface area contributed by atoms with E-state index in [2.05, 4.69) is 15.6 Å². The first-order valence-electron chi connectivity index (χ1n) is 8.20. The number of benzene rings is 1. The van der Waals surface area contributed by atoms with Crippen molar-refractivity contribution in [1.29, 1.82) is 0 Å². The molecule has 0 saturated carbocycles. The Morgan fingerprint density at radius 1 is 1.19 bits per heavy atom. The minimum Gasteiger partial charge on any atom is -0.480 e. The summed E-state index contributed by atoms with van der Waals surface area (Å²) in [6, 6.07) is 7.32. The van der Waals surface area contributed by atoms with E-state index in [0.29, 0.717) is 10.8 Å². The Hall–Kier alpha value is -3.16. The molecule has 0 aliphatic heterocycles. The number of fused-ring (bicyclic) bond motifs is 1. The topological polar surface area (TPSA) is 128 Å². The van der Waals surface area contributed by atoms with Gasteiger partial charge in [0.1, 0.15) is 11.7 Å². The molecule has 0 bridgehead atoms. The second-order valence-electron chi connectivity index (χ2n) is 6.37. The van der Waals surface area contributed by atoms with Gasteiger partial charge >= 0.3 is 5.97 Å². The van der Waals surface area contributed by atoms with Gasteiger partial charge in [-0.05, 0) is 29.9 Å². The fraction of sp³-hybridized carbons (Fsp3) is 0.333. The predicted molar refractivity (Wildman–Crippen MR) is 95.9 cm³/mol. The van der Waals surface area contributed by atoms with Crippen molar-refractivity contribution in [2.45, 2.75) is 26.3 Å². The van der Waals surface area contributed by atoms with E-state index < -0.39 is 35.9 Å². The molecule has 0 spiro atoms. The van der Waals surface area contributed by atoms with Gasteiger partial charge in [-0.15, -0.1) is 0 Å². The zero-order valence-corrected chi connectivity index (χ0v) is 14.5. The van der Waals surface area contributed by atoms with Crippen LogP contribution in [-0.2, 0) is 9.59 Å². The SMILES string of the molecule is CC(C)C[C@H](NC(=O)CNC(=O)c1cc2ccccc2c(=O)[nH]1)C(=O)O. The summed E-state index contributed by atoms with van der Waals surface area (Å²) >= 11 is 0. The second kappa shape index (κ2) is 8.28. The highest BCUT2D eigenvalue weighted by Crippen LogP contribution is 2.09. The van der Waals surface area contributed by atoms with Crippen molar-refractivity contribution < 1.29 is 19.5 Å². The molecule has 8 nitrogen and oxygen atoms in total. The van der Waals surface area contributed by atoms with Gasteiger partial charge in [0, 0.05) is 5.39 Å². The van der Waals surface area contributed by atoms with Crippen LogP contribution in [0.1, 0.15) is 30.8 Å². The minimum atomic E-state index is -1.13. The molecule has 1 aromatic heterocycles. The number of carboxylic acids is 1. The van der Waals surface area contributed by atoms with Gasteiger partial charge in [-0.2, -0.15) is 0 Å². The molecule has 0 radical (unpaired) electrons. The van der Waals surface area contributed by atoms with Crippen molar-refractivity contribution in [1.82, 2.24) is 15.6 Å². The average Bonchev–Trinajstić information content (AvgIpc) is 2.58. The number of carboxylic acid groups (broad SMARTS) is 1. The average molecular weight is 359 g/mol. The fourth-order valence-corrected chi connectivity index (χ4v) is 2.53. The van der Waals surface area contributed by atoms with Crippen LogP contribution in [0.2, 0.25) is 0 Å². The van der Waals surface area contributed by atoms with Gasteiger partial charge in [0.2, 0.25) is 5.91 Å². The van der Waals surface area contributed by atoms with Gasteiger partial charge in [0.05, 0.1) is 6.54 Å². The largest absolute Gasteiger partial charge is 0.480 e. The summed E-state index contributed by atoms with van der Waals surface area (Å²) in [5.74, 6) is -2.28. The van der Waals surface area contributed by atoms with Crippen LogP contribution in [0, 0.1) is 5.92 Å². The molecule has 0 aliphatic rings. The van der Waals surface area contributed by atoms with Gasteiger partial charge in [-0.3, -0.25) is 14.4 Å². The van der Waals surface area contributed by atoms with Crippen molar-refractivity contribution in [3.63, 3.8) is 0 Å². The number of pyridine rings is 1. The number of hydrogen-bond donors (Lipinski definition) is 4. The molecule has 0 saturated heterocycles. The van der Waals surface area contributed by atoms with Crippen molar-refractivity contribution in [2.24, 2.45) is 5.92 Å². The highest BCUT2D eigenvalue weighted by molar-refractivity contribution is 5.98. The second-order valence-corrected chi connectivity index (χ2v) is 6.37. The third kappa shape index (κ3) is 4.92. The molecule has 2 amide bonds. The lowest BCUT2D eigenvalue weighted by atomic mass is 10.0. The standard InChI is InChI=1S/C18H21N3O5/c1-10(2)7-14(18(25)26)20-15(22)9-19-17(24)13-8-11-5-3-4-6-12(11)16(23)21-13/h3-6,8,10,14H,7,9H2,1-2H3,(H,19,24)(H,20,22)(H,21,23)(H,25,26)/t14-/m0/s1. The zero-order valence-electron chi connectivity index (χ0n) is 14.5. The molecule has 2 aromatic rings. The highest BCUT2D eigenvalue weighted by atomic mass is 16.4. The summed E-state index contributed by atoms with van der Waals surface area (Å²) in [7, 11) is 0. The number of carbonyl (C=O) groups excluding carboxylic acids is 2. The number of hydrogen-bond acceptors (Lipinski definition) is 4. The number of aromatic amines is 1. The maximum atomic E-state index is 12.2. The number of rotatable bonds is 7. The van der Waals surface area contributed by atoms with Crippen molar-refractivity contribution in [2.75, 3.05) is 6.54 Å². The monoisotopic (exact) mass is 359 g/mol. The third-order valence-corrected chi connectivity index (χ3v) is 3.75. The molecule has 1 aromatic carbocycles. The number of amides is 2. The lowest BCUT2D eigenvalue weighted by Crippen LogP contribution is -2.46. The smallest absolute Gasteiger partial charge is 0.326 e. The summed E-state index contributed by atoms with van der Waals surface area (Å²) in [6.45, 7) is 3.30. The van der Waals surface area contributed by atoms with Crippen molar-refractivity contribution in [3.05, 3.63) is 46.4 Å². The Morgan fingerprint density at radius 2 is 1.88 bits per heavy atom. The molecule has 2 rings (SSSR count). The number of H-pyrrole nitrogens is 1. The Labute approximate surface area is 149 Å². The maximum absolute atomic E-state index is 12.2. The molecule has 0 unspecified atom stereocenters. The van der Waals surface area contributed by atoms with Gasteiger partial charge in [0.15, 0.2) is 0 Å². The Morgan fingerprint density at radius 3 is 2.54 bits per heavy atom. The minimum absolute atomic E-state index is 0.0264. The van der Waals surface area contributed by atoms with E-state index in [9.17, 15) is 19.2 Å². The number of aliphatic carboxylic acids is 1. The molecule has 1 atom stereocenters. The highest BCUT2D eigenvalue weighted by Gasteiger charge is 2.21. The van der Waals surface area contributed by atoms with Crippen LogP contribution < -0.4 is 16.2 Å². The first kappa shape index (κ1) is 19.2. The van der Waals surface area contributed by atoms with Crippen LogP contribution in [0.25, 0.3) is 10.8 Å². The summed E-state index contributed by atoms with van der Waals surface area (Å²) in [6.07, 6.45) is 0.285. The van der Waals surface area contributed by atoms with E-state index in [4.69, 9.17) is 5.11 Å². The van der Waals surface area contributed by atoms with Gasteiger partial charge in [-0.1, -0.05) is 32.0 Å². The lowest BCUT2D eigenvalue weighted by Gasteiger charge is -2.16. The molecule has 4 N–H and O–H groups in total. The maximum Gasteiger partial charge on any atom is 0.326 e. The molecular weight excluding hydrogens is 338 g/mol. The van der Waals surface area contributed by atoms with Crippen LogP contribution >= 0.6 is 0 Å². The van der Waals surface area contributed by atoms with Gasteiger partial charge in [0.25, 0.3) is 11.5 Å². The van der Waals surface area contributed by atoms with E-state index in [1.54, 1.807) is 24.3 Å². The Balaban J connectivity index is 2.01. The van der Waals surface area contributed by atoms with E-state index >= 15 is 0 Å². The molecule has 8 heteroatoms. The number of aromatic nitrogens is 1. The summed E-state index contributed by atoms with van der Waals surface area (Å²) < 4.78 is 0. The third-order valence-electron chi connectivity index (χ3n) is 3.75. The number of carbonyl (C=O) groups is 3. The fourth-order valence-electron chi connectivity index (χ4n) is 2.53. The molecule has 0 fully saturated rings. The molecular formula is C18H21N3O5. The Kier molecular flexibility index (Phi) is 6.11. The van der Waals surface area contributed by atoms with Crippen LogP contribution in [-0.4, -0.2) is 40.5 Å². The van der Waals surface area contributed by atoms with Crippen molar-refractivity contribution in [3.8, 4) is 0 Å². The molecule has 1 heterocycles. The van der Waals surface area contributed by atoms with E-state index in [1.165, 1.54) is 6.07 Å². The van der Waals surface area contributed by atoms with Crippen LogP contribution in [0.3, 0.4) is 0 Å². The van der Waals surface area contributed by atoms with Gasteiger partial charge < -0.3 is 20.7 Å². The first-order chi connectivity index (χ1) is 12.3. The summed E-state index contributed by atoms with van der Waals surface area (Å²) in [5, 5.41) is 14.9. The van der Waals surface area contributed by atoms with Crippen LogP contribution in [0.15, 0.2) is 35.1 Å². The van der Waals surface area contributed by atoms with Crippen LogP contribution in [0.4, 0.5) is 0 Å². The lowest BCUT2D eigenvalue weighted by molar-refractivity contribution is -0.142. The first-order valence-corrected chi connectivity index (χ1v) is 8.20. The summed E-state index contributed by atoms with van der Waals surface area (Å²) in [5.41, 5.74) is -0.376. The van der Waals surface area contributed by atoms with Gasteiger partial charge in [-0.25, -0.2) is 4.79 Å². The van der Waals surface area contributed by atoms with Crippen molar-refractivity contribution >= 4 is 28.6 Å². The number of nitrogens with one attached hydrogen (secondary N) is 3. The molecule has 0 aliphatic carbocycles. The zero-order chi connectivity index (χ0) is 19.3. The van der Waals surface area contributed by atoms with Crippen LogP contribution in [0.5, 0.6) is 0 Å². The van der Waals surface area contributed by atoms with E-state index in [-0.39, 0.29) is 18.0 Å². The van der Waals surface area contributed by atoms with E-state index in [1.807, 2.05) is 13.8 Å². The Bertz CT molecular complexity index is 888. The molecule has 138 valence electrons. The normalized spacial score (nSPS) is 12.0.